The van der Waals surface area contributed by atoms with Gasteiger partial charge in [-0.3, -0.25) is 4.79 Å². The van der Waals surface area contributed by atoms with Crippen LogP contribution >= 0.6 is 0 Å². The Balaban J connectivity index is 2.20. The van der Waals surface area contributed by atoms with Crippen LogP contribution in [-0.2, 0) is 0 Å². The molecule has 4 heteroatoms. The molecular weight excluding hydrogens is 238 g/mol. The van der Waals surface area contributed by atoms with Gasteiger partial charge in [0, 0.05) is 30.4 Å². The van der Waals surface area contributed by atoms with Crippen molar-refractivity contribution in [1.29, 1.82) is 0 Å². The maximum absolute atomic E-state index is 12.6. The summed E-state index contributed by atoms with van der Waals surface area (Å²) >= 11 is 0. The first-order valence-electron chi connectivity index (χ1n) is 6.84. The molecular formula is C15H23N3O. The van der Waals surface area contributed by atoms with Crippen LogP contribution in [0.15, 0.2) is 18.2 Å². The highest BCUT2D eigenvalue weighted by atomic mass is 16.2. The number of benzene rings is 1. The van der Waals surface area contributed by atoms with Crippen LogP contribution in [0.25, 0.3) is 0 Å². The summed E-state index contributed by atoms with van der Waals surface area (Å²) in [7, 11) is 2.11. The number of hydrogen-bond donors (Lipinski definition) is 1. The predicted molar refractivity (Wildman–Crippen MR) is 78.2 cm³/mol. The van der Waals surface area contributed by atoms with Crippen LogP contribution in [0.4, 0.5) is 5.69 Å². The third-order valence-corrected chi connectivity index (χ3v) is 3.82. The van der Waals surface area contributed by atoms with Gasteiger partial charge in [-0.1, -0.05) is 0 Å². The second kappa shape index (κ2) is 5.61. The molecule has 1 aliphatic rings. The molecule has 1 unspecified atom stereocenters. The molecule has 2 N–H and O–H groups in total. The van der Waals surface area contributed by atoms with Crippen LogP contribution in [0, 0.1) is 6.92 Å². The molecule has 4 nitrogen and oxygen atoms in total. The maximum Gasteiger partial charge on any atom is 0.254 e. The van der Waals surface area contributed by atoms with Gasteiger partial charge in [-0.25, -0.2) is 0 Å². The van der Waals surface area contributed by atoms with Crippen LogP contribution in [0.3, 0.4) is 0 Å². The van der Waals surface area contributed by atoms with Crippen molar-refractivity contribution in [2.75, 3.05) is 32.4 Å². The number of carbonyl (C=O) groups is 1. The number of hydrogen-bond acceptors (Lipinski definition) is 3. The molecule has 0 spiro atoms. The van der Waals surface area contributed by atoms with E-state index >= 15 is 0 Å². The second-order valence-corrected chi connectivity index (χ2v) is 5.53. The van der Waals surface area contributed by atoms with Gasteiger partial charge in [-0.15, -0.1) is 0 Å². The standard InChI is InChI=1S/C15H23N3O/c1-11-9-13(5-6-14(11)16)15(19)18-8-4-7-17(3)10-12(18)2/h5-6,9,12H,4,7-8,10,16H2,1-3H3. The molecule has 1 fully saturated rings. The first-order chi connectivity index (χ1) is 8.99. The number of nitrogens with zero attached hydrogens (tertiary/aromatic N) is 2. The number of rotatable bonds is 1. The van der Waals surface area contributed by atoms with Gasteiger partial charge in [0.1, 0.15) is 0 Å². The number of likely N-dealkylation sites (N-methyl/N-ethyl adjacent to an activating group) is 1. The number of nitrogens with two attached hydrogens (primary N) is 1. The number of aryl methyl sites for hydroxylation is 1. The van der Waals surface area contributed by atoms with Crippen molar-refractivity contribution in [1.82, 2.24) is 9.80 Å². The largest absolute Gasteiger partial charge is 0.399 e. The normalized spacial score (nSPS) is 21.2. The summed E-state index contributed by atoms with van der Waals surface area (Å²) < 4.78 is 0. The van der Waals surface area contributed by atoms with Crippen LogP contribution in [-0.4, -0.2) is 48.4 Å². The van der Waals surface area contributed by atoms with Gasteiger partial charge in [0.25, 0.3) is 5.91 Å². The van der Waals surface area contributed by atoms with E-state index < -0.39 is 0 Å². The van der Waals surface area contributed by atoms with Crippen molar-refractivity contribution in [3.8, 4) is 0 Å². The molecule has 1 amide bonds. The van der Waals surface area contributed by atoms with E-state index in [9.17, 15) is 4.79 Å². The molecule has 0 aromatic heterocycles. The van der Waals surface area contributed by atoms with E-state index in [1.54, 1.807) is 0 Å². The lowest BCUT2D eigenvalue weighted by molar-refractivity contribution is 0.0696. The maximum atomic E-state index is 12.6. The van der Waals surface area contributed by atoms with E-state index in [1.807, 2.05) is 30.0 Å². The Morgan fingerprint density at radius 3 is 2.79 bits per heavy atom. The van der Waals surface area contributed by atoms with Crippen LogP contribution in [0.1, 0.15) is 29.3 Å². The first kappa shape index (κ1) is 13.9. The number of carbonyl (C=O) groups excluding carboxylic acids is 1. The Bertz CT molecular complexity index is 472. The lowest BCUT2D eigenvalue weighted by Crippen LogP contribution is -2.42. The average Bonchev–Trinajstić information content (AvgIpc) is 2.52. The van der Waals surface area contributed by atoms with Crippen molar-refractivity contribution in [3.63, 3.8) is 0 Å². The fraction of sp³-hybridized carbons (Fsp3) is 0.533. The zero-order valence-electron chi connectivity index (χ0n) is 12.0. The van der Waals surface area contributed by atoms with E-state index in [2.05, 4.69) is 18.9 Å². The third-order valence-electron chi connectivity index (χ3n) is 3.82. The zero-order chi connectivity index (χ0) is 14.0. The molecule has 1 saturated heterocycles. The molecule has 19 heavy (non-hydrogen) atoms. The van der Waals surface area contributed by atoms with E-state index in [1.165, 1.54) is 0 Å². The summed E-state index contributed by atoms with van der Waals surface area (Å²) in [5, 5.41) is 0. The Labute approximate surface area is 115 Å². The molecule has 0 bridgehead atoms. The van der Waals surface area contributed by atoms with Gasteiger partial charge in [0.2, 0.25) is 0 Å². The Morgan fingerprint density at radius 2 is 2.11 bits per heavy atom. The highest BCUT2D eigenvalue weighted by molar-refractivity contribution is 5.95. The number of anilines is 1. The lowest BCUT2D eigenvalue weighted by Gasteiger charge is -2.28. The van der Waals surface area contributed by atoms with Crippen LogP contribution < -0.4 is 5.73 Å². The second-order valence-electron chi connectivity index (χ2n) is 5.53. The van der Waals surface area contributed by atoms with E-state index in [0.29, 0.717) is 0 Å². The average molecular weight is 261 g/mol. The molecule has 1 atom stereocenters. The third kappa shape index (κ3) is 3.07. The summed E-state index contributed by atoms with van der Waals surface area (Å²) in [5.41, 5.74) is 8.24. The number of nitrogen functional groups attached to an aromatic ring is 1. The summed E-state index contributed by atoms with van der Waals surface area (Å²) in [4.78, 5) is 16.9. The molecule has 0 aliphatic carbocycles. The SMILES string of the molecule is Cc1cc(C(=O)N2CCCN(C)CC2C)ccc1N. The summed E-state index contributed by atoms with van der Waals surface area (Å²) in [6, 6.07) is 5.78. The predicted octanol–water partition coefficient (Wildman–Crippen LogP) is 1.74. The molecule has 1 heterocycles. The van der Waals surface area contributed by atoms with E-state index in [0.717, 1.165) is 42.9 Å². The van der Waals surface area contributed by atoms with Gasteiger partial charge in [-0.05, 0) is 57.6 Å². The summed E-state index contributed by atoms with van der Waals surface area (Å²) in [6.45, 7) is 6.86. The van der Waals surface area contributed by atoms with Crippen molar-refractivity contribution in [2.24, 2.45) is 0 Å². The minimum atomic E-state index is 0.117. The zero-order valence-corrected chi connectivity index (χ0v) is 12.0. The fourth-order valence-corrected chi connectivity index (χ4v) is 2.65. The van der Waals surface area contributed by atoms with Crippen LogP contribution in [0.2, 0.25) is 0 Å². The Kier molecular flexibility index (Phi) is 4.10. The van der Waals surface area contributed by atoms with Crippen molar-refractivity contribution in [3.05, 3.63) is 29.3 Å². The van der Waals surface area contributed by atoms with Gasteiger partial charge < -0.3 is 15.5 Å². The van der Waals surface area contributed by atoms with E-state index in [4.69, 9.17) is 5.73 Å². The molecule has 1 aromatic carbocycles. The van der Waals surface area contributed by atoms with Gasteiger partial charge >= 0.3 is 0 Å². The quantitative estimate of drug-likeness (QED) is 0.783. The molecule has 1 aromatic rings. The minimum Gasteiger partial charge on any atom is -0.399 e. The first-order valence-corrected chi connectivity index (χ1v) is 6.84. The monoisotopic (exact) mass is 261 g/mol. The summed E-state index contributed by atoms with van der Waals surface area (Å²) in [5.74, 6) is 0.117. The highest BCUT2D eigenvalue weighted by Crippen LogP contribution is 2.17. The minimum absolute atomic E-state index is 0.117. The molecule has 1 aliphatic heterocycles. The fourth-order valence-electron chi connectivity index (χ4n) is 2.65. The number of amides is 1. The smallest absolute Gasteiger partial charge is 0.254 e. The highest BCUT2D eigenvalue weighted by Gasteiger charge is 2.24. The van der Waals surface area contributed by atoms with E-state index in [-0.39, 0.29) is 11.9 Å². The Morgan fingerprint density at radius 1 is 1.37 bits per heavy atom. The Hall–Kier alpha value is -1.55. The van der Waals surface area contributed by atoms with Gasteiger partial charge in [-0.2, -0.15) is 0 Å². The van der Waals surface area contributed by atoms with Gasteiger partial charge in [0.15, 0.2) is 0 Å². The topological polar surface area (TPSA) is 49.6 Å². The molecule has 0 radical (unpaired) electrons. The van der Waals surface area contributed by atoms with Crippen molar-refractivity contribution < 1.29 is 4.79 Å². The molecule has 2 rings (SSSR count). The van der Waals surface area contributed by atoms with Crippen molar-refractivity contribution in [2.45, 2.75) is 26.3 Å². The van der Waals surface area contributed by atoms with Gasteiger partial charge in [0.05, 0.1) is 0 Å². The summed E-state index contributed by atoms with van der Waals surface area (Å²) in [6.07, 6.45) is 1.03. The van der Waals surface area contributed by atoms with Crippen molar-refractivity contribution >= 4 is 11.6 Å². The van der Waals surface area contributed by atoms with Crippen LogP contribution in [0.5, 0.6) is 0 Å². The molecule has 104 valence electrons. The lowest BCUT2D eigenvalue weighted by atomic mass is 10.1. The molecule has 0 saturated carbocycles.